The van der Waals surface area contributed by atoms with Crippen molar-refractivity contribution in [3.05, 3.63) is 22.0 Å². The van der Waals surface area contributed by atoms with Gasteiger partial charge in [0.25, 0.3) is 0 Å². The first-order chi connectivity index (χ1) is 8.94. The van der Waals surface area contributed by atoms with Crippen LogP contribution >= 0.6 is 22.9 Å². The Kier molecular flexibility index (Phi) is 3.07. The van der Waals surface area contributed by atoms with Crippen LogP contribution in [0.15, 0.2) is 17.6 Å². The van der Waals surface area contributed by atoms with Crippen molar-refractivity contribution >= 4 is 38.5 Å². The minimum Gasteiger partial charge on any atom is -0.396 e. The van der Waals surface area contributed by atoms with Gasteiger partial charge in [0, 0.05) is 17.1 Å². The fourth-order valence-electron chi connectivity index (χ4n) is 2.24. The molecule has 8 heteroatoms. The van der Waals surface area contributed by atoms with Crippen LogP contribution in [0.4, 0.5) is 5.69 Å². The minimum atomic E-state index is -2.93. The quantitative estimate of drug-likeness (QED) is 0.921. The summed E-state index contributed by atoms with van der Waals surface area (Å²) in [6.45, 7) is 0. The molecule has 0 bridgehead atoms. The summed E-state index contributed by atoms with van der Waals surface area (Å²) in [4.78, 5) is 0. The van der Waals surface area contributed by atoms with Crippen LogP contribution < -0.4 is 5.73 Å². The van der Waals surface area contributed by atoms with E-state index in [1.165, 1.54) is 11.3 Å². The maximum Gasteiger partial charge on any atom is 0.152 e. The van der Waals surface area contributed by atoms with Gasteiger partial charge in [-0.3, -0.25) is 4.68 Å². The molecular weight excluding hydrogens is 306 g/mol. The molecule has 0 spiro atoms. The summed E-state index contributed by atoms with van der Waals surface area (Å²) < 4.78 is 25.3. The van der Waals surface area contributed by atoms with Gasteiger partial charge < -0.3 is 5.73 Å². The highest BCUT2D eigenvalue weighted by molar-refractivity contribution is 7.91. The van der Waals surface area contributed by atoms with E-state index in [1.807, 2.05) is 5.38 Å². The van der Waals surface area contributed by atoms with E-state index in [0.717, 1.165) is 5.56 Å². The number of nitrogens with two attached hydrogens (primary N) is 1. The van der Waals surface area contributed by atoms with Crippen molar-refractivity contribution in [2.45, 2.75) is 12.5 Å². The van der Waals surface area contributed by atoms with Crippen LogP contribution in [0.3, 0.4) is 0 Å². The lowest BCUT2D eigenvalue weighted by Crippen LogP contribution is -2.11. The molecule has 102 valence electrons. The van der Waals surface area contributed by atoms with Gasteiger partial charge in [-0.15, -0.1) is 11.3 Å². The Hall–Kier alpha value is -1.05. The predicted octanol–water partition coefficient (Wildman–Crippen LogP) is 2.21. The first-order valence-corrected chi connectivity index (χ1v) is 8.82. The van der Waals surface area contributed by atoms with Crippen molar-refractivity contribution < 1.29 is 8.42 Å². The molecule has 0 aromatic carbocycles. The molecule has 1 aliphatic rings. The van der Waals surface area contributed by atoms with Crippen molar-refractivity contribution in [3.63, 3.8) is 0 Å². The first kappa shape index (κ1) is 13.0. The molecule has 2 aromatic rings. The second-order valence-electron chi connectivity index (χ2n) is 4.61. The zero-order valence-corrected chi connectivity index (χ0v) is 12.3. The molecule has 1 saturated heterocycles. The van der Waals surface area contributed by atoms with Gasteiger partial charge in [-0.05, 0) is 12.5 Å². The summed E-state index contributed by atoms with van der Waals surface area (Å²) in [7, 11) is -2.93. The normalized spacial score (nSPS) is 21.8. The third kappa shape index (κ3) is 2.50. The molecule has 1 fully saturated rings. The topological polar surface area (TPSA) is 78.0 Å². The van der Waals surface area contributed by atoms with E-state index in [4.69, 9.17) is 17.3 Å². The molecule has 1 unspecified atom stereocenters. The van der Waals surface area contributed by atoms with Gasteiger partial charge in [-0.2, -0.15) is 5.10 Å². The smallest absolute Gasteiger partial charge is 0.152 e. The van der Waals surface area contributed by atoms with E-state index in [-0.39, 0.29) is 17.5 Å². The lowest BCUT2D eigenvalue weighted by Gasteiger charge is -2.07. The number of anilines is 1. The van der Waals surface area contributed by atoms with E-state index in [9.17, 15) is 8.42 Å². The number of rotatable bonds is 2. The molecule has 19 heavy (non-hydrogen) atoms. The Balaban J connectivity index is 1.94. The van der Waals surface area contributed by atoms with E-state index < -0.39 is 9.84 Å². The molecule has 5 nitrogen and oxygen atoms in total. The zero-order chi connectivity index (χ0) is 13.6. The fraction of sp³-hybridized carbons (Fsp3) is 0.364. The summed E-state index contributed by atoms with van der Waals surface area (Å²) in [6, 6.07) is 1.69. The molecule has 0 radical (unpaired) electrons. The number of hydrogen-bond donors (Lipinski definition) is 1. The maximum atomic E-state index is 11.5. The highest BCUT2D eigenvalue weighted by Crippen LogP contribution is 2.33. The van der Waals surface area contributed by atoms with E-state index >= 15 is 0 Å². The Morgan fingerprint density at radius 3 is 2.89 bits per heavy atom. The van der Waals surface area contributed by atoms with E-state index in [1.54, 1.807) is 16.9 Å². The van der Waals surface area contributed by atoms with Crippen molar-refractivity contribution in [2.75, 3.05) is 17.2 Å². The lowest BCUT2D eigenvalue weighted by molar-refractivity contribution is 0.501. The van der Waals surface area contributed by atoms with Gasteiger partial charge in [0.1, 0.15) is 5.69 Å². The van der Waals surface area contributed by atoms with Gasteiger partial charge in [0.2, 0.25) is 0 Å². The standard InChI is InChI=1S/C11H12ClN3O2S2/c12-10-3-7(5-18-10)11-9(13)4-15(14-11)8-1-2-19(16,17)6-8/h3-5,8H,1-2,6,13H2. The summed E-state index contributed by atoms with van der Waals surface area (Å²) in [6.07, 6.45) is 2.29. The number of nitrogen functional groups attached to an aromatic ring is 1. The molecule has 0 amide bonds. The van der Waals surface area contributed by atoms with Gasteiger partial charge in [0.15, 0.2) is 9.84 Å². The SMILES string of the molecule is Nc1cn(C2CCS(=O)(=O)C2)nc1-c1csc(Cl)c1. The second kappa shape index (κ2) is 4.50. The Bertz CT molecular complexity index is 720. The first-order valence-electron chi connectivity index (χ1n) is 5.74. The van der Waals surface area contributed by atoms with Crippen molar-refractivity contribution in [3.8, 4) is 11.3 Å². The minimum absolute atomic E-state index is 0.116. The summed E-state index contributed by atoms with van der Waals surface area (Å²) in [5, 5.41) is 6.30. The van der Waals surface area contributed by atoms with E-state index in [0.29, 0.717) is 22.1 Å². The molecule has 0 saturated carbocycles. The van der Waals surface area contributed by atoms with Gasteiger partial charge in [-0.25, -0.2) is 8.42 Å². The summed E-state index contributed by atoms with van der Waals surface area (Å²) >= 11 is 7.31. The average Bonchev–Trinajstić information content (AvgIpc) is 2.98. The molecule has 3 rings (SSSR count). The molecule has 2 aromatic heterocycles. The van der Waals surface area contributed by atoms with Crippen LogP contribution in [0.5, 0.6) is 0 Å². The zero-order valence-electron chi connectivity index (χ0n) is 9.91. The third-order valence-electron chi connectivity index (χ3n) is 3.18. The maximum absolute atomic E-state index is 11.5. The Morgan fingerprint density at radius 1 is 1.53 bits per heavy atom. The number of aromatic nitrogens is 2. The van der Waals surface area contributed by atoms with E-state index in [2.05, 4.69) is 5.10 Å². The van der Waals surface area contributed by atoms with Crippen molar-refractivity contribution in [1.29, 1.82) is 0 Å². The number of thiophene rings is 1. The van der Waals surface area contributed by atoms with Crippen LogP contribution in [-0.4, -0.2) is 29.7 Å². The molecule has 2 N–H and O–H groups in total. The van der Waals surface area contributed by atoms with Crippen LogP contribution in [-0.2, 0) is 9.84 Å². The lowest BCUT2D eigenvalue weighted by atomic mass is 10.2. The van der Waals surface area contributed by atoms with Crippen molar-refractivity contribution in [2.24, 2.45) is 0 Å². The molecule has 1 aliphatic heterocycles. The number of halogens is 1. The summed E-state index contributed by atoms with van der Waals surface area (Å²) in [5.41, 5.74) is 8.01. The number of hydrogen-bond acceptors (Lipinski definition) is 5. The Labute approximate surface area is 119 Å². The van der Waals surface area contributed by atoms with Crippen LogP contribution in [0, 0.1) is 0 Å². The predicted molar refractivity (Wildman–Crippen MR) is 77.3 cm³/mol. The van der Waals surface area contributed by atoms with Crippen LogP contribution in [0.1, 0.15) is 12.5 Å². The highest BCUT2D eigenvalue weighted by atomic mass is 35.5. The highest BCUT2D eigenvalue weighted by Gasteiger charge is 2.30. The monoisotopic (exact) mass is 317 g/mol. The van der Waals surface area contributed by atoms with Crippen molar-refractivity contribution in [1.82, 2.24) is 9.78 Å². The van der Waals surface area contributed by atoms with Crippen LogP contribution in [0.25, 0.3) is 11.3 Å². The number of sulfone groups is 1. The summed E-state index contributed by atoms with van der Waals surface area (Å²) in [5.74, 6) is 0.356. The van der Waals surface area contributed by atoms with Crippen LogP contribution in [0.2, 0.25) is 4.34 Å². The second-order valence-corrected chi connectivity index (χ2v) is 8.38. The fourth-order valence-corrected chi connectivity index (χ4v) is 4.80. The third-order valence-corrected chi connectivity index (χ3v) is 6.03. The Morgan fingerprint density at radius 2 is 2.32 bits per heavy atom. The average molecular weight is 318 g/mol. The van der Waals surface area contributed by atoms with Gasteiger partial charge in [-0.1, -0.05) is 11.6 Å². The molecular formula is C11H12ClN3O2S2. The molecule has 0 aliphatic carbocycles. The molecule has 1 atom stereocenters. The number of nitrogens with zero attached hydrogens (tertiary/aromatic N) is 2. The largest absolute Gasteiger partial charge is 0.396 e. The van der Waals surface area contributed by atoms with Gasteiger partial charge in [0.05, 0.1) is 27.6 Å². The molecule has 3 heterocycles. The van der Waals surface area contributed by atoms with Gasteiger partial charge >= 0.3 is 0 Å².